The molecule has 13 heavy (non-hydrogen) atoms. The van der Waals surface area contributed by atoms with Crippen LogP contribution in [0.15, 0.2) is 0 Å². The van der Waals surface area contributed by atoms with Crippen LogP contribution in [0.2, 0.25) is 0 Å². The molecule has 0 atom stereocenters. The summed E-state index contributed by atoms with van der Waals surface area (Å²) in [6.45, 7) is 0. The van der Waals surface area contributed by atoms with Crippen LogP contribution in [0, 0.1) is 5.95 Å². The highest BCUT2D eigenvalue weighted by Crippen LogP contribution is 2.23. The van der Waals surface area contributed by atoms with E-state index in [1.165, 1.54) is 0 Å². The van der Waals surface area contributed by atoms with Crippen LogP contribution in [0.5, 0.6) is 0 Å². The first-order valence-corrected chi connectivity index (χ1v) is 3.15. The SMILES string of the molecule is Cn1nc(C(F)F)c(C(=O)F)c1F. The van der Waals surface area contributed by atoms with Gasteiger partial charge in [-0.2, -0.15) is 13.9 Å². The van der Waals surface area contributed by atoms with E-state index in [0.717, 1.165) is 7.05 Å². The van der Waals surface area contributed by atoms with E-state index in [1.54, 1.807) is 0 Å². The van der Waals surface area contributed by atoms with Crippen molar-refractivity contribution in [3.63, 3.8) is 0 Å². The van der Waals surface area contributed by atoms with Crippen molar-refractivity contribution in [2.45, 2.75) is 6.43 Å². The van der Waals surface area contributed by atoms with Crippen molar-refractivity contribution in [3.05, 3.63) is 17.2 Å². The van der Waals surface area contributed by atoms with Gasteiger partial charge in [-0.25, -0.2) is 13.5 Å². The Kier molecular flexibility index (Phi) is 2.35. The Bertz CT molecular complexity index is 347. The highest BCUT2D eigenvalue weighted by atomic mass is 19.3. The number of alkyl halides is 2. The second kappa shape index (κ2) is 3.15. The van der Waals surface area contributed by atoms with Crippen molar-refractivity contribution >= 4 is 6.04 Å². The van der Waals surface area contributed by atoms with Gasteiger partial charge in [0.1, 0.15) is 11.3 Å². The highest BCUT2D eigenvalue weighted by Gasteiger charge is 2.28. The summed E-state index contributed by atoms with van der Waals surface area (Å²) in [7, 11) is 0.994. The maximum atomic E-state index is 12.7. The van der Waals surface area contributed by atoms with Crippen LogP contribution in [-0.2, 0) is 7.05 Å². The van der Waals surface area contributed by atoms with E-state index in [9.17, 15) is 22.4 Å². The second-order valence-corrected chi connectivity index (χ2v) is 2.25. The maximum Gasteiger partial charge on any atom is 0.338 e. The van der Waals surface area contributed by atoms with Gasteiger partial charge in [-0.05, 0) is 0 Å². The summed E-state index contributed by atoms with van der Waals surface area (Å²) in [6.07, 6.45) is -3.18. The quantitative estimate of drug-likeness (QED) is 0.532. The van der Waals surface area contributed by atoms with Gasteiger partial charge in [0.2, 0.25) is 5.95 Å². The zero-order valence-electron chi connectivity index (χ0n) is 6.39. The predicted octanol–water partition coefficient (Wildman–Crippen LogP) is 1.61. The molecule has 0 bridgehead atoms. The Labute approximate surface area is 70.0 Å². The normalized spacial score (nSPS) is 10.9. The third-order valence-electron chi connectivity index (χ3n) is 1.41. The smallest absolute Gasteiger partial charge is 0.255 e. The molecule has 0 saturated carbocycles. The lowest BCUT2D eigenvalue weighted by molar-refractivity contribution is 0.0817. The van der Waals surface area contributed by atoms with E-state index in [1.807, 2.05) is 0 Å². The summed E-state index contributed by atoms with van der Waals surface area (Å²) >= 11 is 0. The van der Waals surface area contributed by atoms with E-state index in [2.05, 4.69) is 5.10 Å². The van der Waals surface area contributed by atoms with Crippen molar-refractivity contribution in [3.8, 4) is 0 Å². The molecule has 1 aromatic rings. The molecule has 0 amide bonds. The first-order chi connectivity index (χ1) is 5.95. The predicted molar refractivity (Wildman–Crippen MR) is 33.6 cm³/mol. The largest absolute Gasteiger partial charge is 0.338 e. The summed E-state index contributed by atoms with van der Waals surface area (Å²) in [6, 6.07) is -2.25. The van der Waals surface area contributed by atoms with Gasteiger partial charge in [-0.15, -0.1) is 0 Å². The summed E-state index contributed by atoms with van der Waals surface area (Å²) < 4.78 is 49.2. The monoisotopic (exact) mass is 196 g/mol. The highest BCUT2D eigenvalue weighted by molar-refractivity contribution is 5.89. The van der Waals surface area contributed by atoms with Crippen LogP contribution in [0.1, 0.15) is 22.5 Å². The molecule has 0 unspecified atom stereocenters. The summed E-state index contributed by atoms with van der Waals surface area (Å²) in [5.41, 5.74) is -2.47. The van der Waals surface area contributed by atoms with Crippen molar-refractivity contribution in [2.24, 2.45) is 7.05 Å². The number of halogens is 4. The number of nitrogens with zero attached hydrogens (tertiary/aromatic N) is 2. The van der Waals surface area contributed by atoms with E-state index in [4.69, 9.17) is 0 Å². The molecule has 0 radical (unpaired) electrons. The minimum atomic E-state index is -3.18. The molecule has 0 saturated heterocycles. The lowest BCUT2D eigenvalue weighted by Crippen LogP contribution is -1.99. The number of hydrogen-bond donors (Lipinski definition) is 0. The zero-order valence-corrected chi connectivity index (χ0v) is 6.39. The molecule has 1 rings (SSSR count). The molecule has 0 aliphatic heterocycles. The fourth-order valence-corrected chi connectivity index (χ4v) is 0.858. The first-order valence-electron chi connectivity index (χ1n) is 3.15. The van der Waals surface area contributed by atoms with Gasteiger partial charge in [0.25, 0.3) is 6.43 Å². The van der Waals surface area contributed by atoms with Crippen LogP contribution in [0.3, 0.4) is 0 Å². The summed E-state index contributed by atoms with van der Waals surface area (Å²) in [5, 5.41) is 2.96. The number of carbonyl (C=O) groups excluding carboxylic acids is 1. The third-order valence-corrected chi connectivity index (χ3v) is 1.41. The topological polar surface area (TPSA) is 34.9 Å². The number of aryl methyl sites for hydroxylation is 1. The fourth-order valence-electron chi connectivity index (χ4n) is 0.858. The van der Waals surface area contributed by atoms with Crippen molar-refractivity contribution in [1.82, 2.24) is 9.78 Å². The van der Waals surface area contributed by atoms with E-state index in [0.29, 0.717) is 4.68 Å². The van der Waals surface area contributed by atoms with Gasteiger partial charge in [0.15, 0.2) is 0 Å². The van der Waals surface area contributed by atoms with E-state index >= 15 is 0 Å². The number of carbonyl (C=O) groups is 1. The van der Waals surface area contributed by atoms with Gasteiger partial charge in [-0.3, -0.25) is 4.79 Å². The molecule has 0 N–H and O–H groups in total. The van der Waals surface area contributed by atoms with Crippen LogP contribution in [0.4, 0.5) is 17.6 Å². The minimum Gasteiger partial charge on any atom is -0.255 e. The number of hydrogen-bond acceptors (Lipinski definition) is 2. The second-order valence-electron chi connectivity index (χ2n) is 2.25. The zero-order chi connectivity index (χ0) is 10.2. The summed E-state index contributed by atoms with van der Waals surface area (Å²) in [4.78, 5) is 10.1. The number of rotatable bonds is 2. The average molecular weight is 196 g/mol. The van der Waals surface area contributed by atoms with Crippen molar-refractivity contribution in [2.75, 3.05) is 0 Å². The molecule has 3 nitrogen and oxygen atoms in total. The van der Waals surface area contributed by atoms with Crippen LogP contribution in [0.25, 0.3) is 0 Å². The average Bonchev–Trinajstić information content (AvgIpc) is 2.28. The third kappa shape index (κ3) is 1.53. The minimum absolute atomic E-state index is 0.383. The molecule has 0 fully saturated rings. The molecule has 0 aliphatic rings. The maximum absolute atomic E-state index is 12.7. The molecule has 0 aromatic carbocycles. The Morgan fingerprint density at radius 1 is 1.54 bits per heavy atom. The first kappa shape index (κ1) is 9.69. The standard InChI is InChI=1S/C6H4F4N2O/c1-12-5(9)2(6(10)13)3(11-12)4(7)8/h4H,1H3. The lowest BCUT2D eigenvalue weighted by atomic mass is 10.2. The van der Waals surface area contributed by atoms with Gasteiger partial charge >= 0.3 is 6.04 Å². The van der Waals surface area contributed by atoms with Gasteiger partial charge < -0.3 is 0 Å². The molecule has 1 heterocycles. The van der Waals surface area contributed by atoms with E-state index in [-0.39, 0.29) is 0 Å². The molecule has 0 spiro atoms. The Morgan fingerprint density at radius 2 is 2.08 bits per heavy atom. The van der Waals surface area contributed by atoms with Crippen LogP contribution >= 0.6 is 0 Å². The Hall–Kier alpha value is -1.40. The molecule has 1 aromatic heterocycles. The molecule has 72 valence electrons. The molecular formula is C6H4F4N2O. The van der Waals surface area contributed by atoms with Gasteiger partial charge in [-0.1, -0.05) is 0 Å². The van der Waals surface area contributed by atoms with Gasteiger partial charge in [0, 0.05) is 7.05 Å². The van der Waals surface area contributed by atoms with Crippen LogP contribution in [-0.4, -0.2) is 15.8 Å². The lowest BCUT2D eigenvalue weighted by Gasteiger charge is -1.92. The molecule has 0 aliphatic carbocycles. The summed E-state index contributed by atoms with van der Waals surface area (Å²) in [5.74, 6) is -1.40. The number of aromatic nitrogens is 2. The fraction of sp³-hybridized carbons (Fsp3) is 0.333. The van der Waals surface area contributed by atoms with E-state index < -0.39 is 29.7 Å². The van der Waals surface area contributed by atoms with Crippen molar-refractivity contribution < 1.29 is 22.4 Å². The molecule has 7 heteroatoms. The molecular weight excluding hydrogens is 192 g/mol. The Balaban J connectivity index is 3.35. The Morgan fingerprint density at radius 3 is 2.38 bits per heavy atom. The van der Waals surface area contributed by atoms with Crippen LogP contribution < -0.4 is 0 Å². The van der Waals surface area contributed by atoms with Crippen molar-refractivity contribution in [1.29, 1.82) is 0 Å². The van der Waals surface area contributed by atoms with Gasteiger partial charge in [0.05, 0.1) is 0 Å².